The smallest absolute Gasteiger partial charge is 0.120 e. The number of aryl methyl sites for hydroxylation is 1. The highest BCUT2D eigenvalue weighted by Crippen LogP contribution is 2.38. The first-order chi connectivity index (χ1) is 9.15. The van der Waals surface area contributed by atoms with E-state index < -0.39 is 0 Å². The number of hydrogen-bond acceptors (Lipinski definition) is 3. The minimum atomic E-state index is 0.198. The largest absolute Gasteiger partial charge is 0.508 e. The first-order valence-electron chi connectivity index (χ1n) is 6.52. The maximum atomic E-state index is 9.83. The van der Waals surface area contributed by atoms with Gasteiger partial charge in [0.25, 0.3) is 0 Å². The standard InChI is InChI=1S/C16H17NO2/c1-10-5-6-11(9-16(10)19)17-14-8-7-13-12(14)3-2-4-15(13)18/h2-6,9,14,17-19H,7-8H2,1H3. The molecule has 3 nitrogen and oxygen atoms in total. The van der Waals surface area contributed by atoms with Gasteiger partial charge in [0, 0.05) is 11.8 Å². The van der Waals surface area contributed by atoms with E-state index in [0.29, 0.717) is 11.5 Å². The average molecular weight is 255 g/mol. The first kappa shape index (κ1) is 11.9. The van der Waals surface area contributed by atoms with Gasteiger partial charge in [-0.1, -0.05) is 18.2 Å². The lowest BCUT2D eigenvalue weighted by Crippen LogP contribution is -2.06. The third-order valence-electron chi connectivity index (χ3n) is 3.80. The quantitative estimate of drug-likeness (QED) is 0.769. The van der Waals surface area contributed by atoms with Crippen molar-refractivity contribution in [3.8, 4) is 11.5 Å². The summed E-state index contributed by atoms with van der Waals surface area (Å²) < 4.78 is 0. The predicted octanol–water partition coefficient (Wildman–Crippen LogP) is 3.51. The first-order valence-corrected chi connectivity index (χ1v) is 6.52. The van der Waals surface area contributed by atoms with Crippen LogP contribution in [0.1, 0.15) is 29.2 Å². The highest BCUT2D eigenvalue weighted by atomic mass is 16.3. The molecule has 0 aliphatic heterocycles. The number of aromatic hydroxyl groups is 2. The van der Waals surface area contributed by atoms with Crippen LogP contribution in [0.4, 0.5) is 5.69 Å². The van der Waals surface area contributed by atoms with Gasteiger partial charge in [0.1, 0.15) is 11.5 Å². The number of nitrogens with one attached hydrogen (secondary N) is 1. The Morgan fingerprint density at radius 2 is 1.95 bits per heavy atom. The Kier molecular flexibility index (Phi) is 2.82. The fourth-order valence-electron chi connectivity index (χ4n) is 2.69. The molecule has 0 heterocycles. The fraction of sp³-hybridized carbons (Fsp3) is 0.250. The molecule has 0 spiro atoms. The van der Waals surface area contributed by atoms with E-state index in [1.54, 1.807) is 12.1 Å². The zero-order chi connectivity index (χ0) is 13.4. The Bertz CT molecular complexity index is 622. The SMILES string of the molecule is Cc1ccc(NC2CCc3c(O)cccc32)cc1O. The second kappa shape index (κ2) is 4.50. The summed E-state index contributed by atoms with van der Waals surface area (Å²) in [6, 6.07) is 11.5. The van der Waals surface area contributed by atoms with E-state index in [1.165, 1.54) is 0 Å². The lowest BCUT2D eigenvalue weighted by molar-refractivity contribution is 0.469. The van der Waals surface area contributed by atoms with Crippen LogP contribution < -0.4 is 5.32 Å². The van der Waals surface area contributed by atoms with Crippen LogP contribution in [0.2, 0.25) is 0 Å². The number of hydrogen-bond donors (Lipinski definition) is 3. The fourth-order valence-corrected chi connectivity index (χ4v) is 2.69. The average Bonchev–Trinajstić information content (AvgIpc) is 2.79. The van der Waals surface area contributed by atoms with Crippen LogP contribution in [-0.4, -0.2) is 10.2 Å². The number of phenols is 2. The monoisotopic (exact) mass is 255 g/mol. The molecule has 0 aromatic heterocycles. The normalized spacial score (nSPS) is 17.2. The Hall–Kier alpha value is -2.16. The molecule has 0 fully saturated rings. The summed E-state index contributed by atoms with van der Waals surface area (Å²) in [5, 5.41) is 23.0. The van der Waals surface area contributed by atoms with Crippen LogP contribution in [0.3, 0.4) is 0 Å². The van der Waals surface area contributed by atoms with E-state index in [-0.39, 0.29) is 6.04 Å². The van der Waals surface area contributed by atoms with Crippen molar-refractivity contribution in [1.82, 2.24) is 0 Å². The lowest BCUT2D eigenvalue weighted by Gasteiger charge is -2.16. The van der Waals surface area contributed by atoms with Gasteiger partial charge in [0.15, 0.2) is 0 Å². The van der Waals surface area contributed by atoms with Crippen LogP contribution in [0.25, 0.3) is 0 Å². The molecule has 1 aliphatic carbocycles. The molecule has 1 atom stereocenters. The summed E-state index contributed by atoms with van der Waals surface area (Å²) in [5.41, 5.74) is 3.97. The Labute approximate surface area is 112 Å². The van der Waals surface area contributed by atoms with Crippen molar-refractivity contribution in [1.29, 1.82) is 0 Å². The summed E-state index contributed by atoms with van der Waals surface area (Å²) in [7, 11) is 0. The van der Waals surface area contributed by atoms with Gasteiger partial charge < -0.3 is 15.5 Å². The minimum absolute atomic E-state index is 0.198. The van der Waals surface area contributed by atoms with Gasteiger partial charge in [0.2, 0.25) is 0 Å². The molecule has 3 N–H and O–H groups in total. The zero-order valence-electron chi connectivity index (χ0n) is 10.9. The number of phenolic OH excluding ortho intramolecular Hbond substituents is 2. The molecule has 3 rings (SSSR count). The molecule has 1 unspecified atom stereocenters. The predicted molar refractivity (Wildman–Crippen MR) is 75.6 cm³/mol. The van der Waals surface area contributed by atoms with Crippen molar-refractivity contribution in [3.05, 3.63) is 53.1 Å². The van der Waals surface area contributed by atoms with Crippen molar-refractivity contribution in [2.24, 2.45) is 0 Å². The van der Waals surface area contributed by atoms with Gasteiger partial charge in [0.05, 0.1) is 6.04 Å². The van der Waals surface area contributed by atoms with Crippen molar-refractivity contribution < 1.29 is 10.2 Å². The molecule has 0 saturated heterocycles. The topological polar surface area (TPSA) is 52.5 Å². The number of fused-ring (bicyclic) bond motifs is 1. The summed E-state index contributed by atoms with van der Waals surface area (Å²) in [5.74, 6) is 0.688. The molecular weight excluding hydrogens is 238 g/mol. The maximum absolute atomic E-state index is 9.83. The number of rotatable bonds is 2. The number of benzene rings is 2. The third kappa shape index (κ3) is 2.12. The van der Waals surface area contributed by atoms with Gasteiger partial charge in [-0.2, -0.15) is 0 Å². The van der Waals surface area contributed by atoms with Crippen LogP contribution in [0.5, 0.6) is 11.5 Å². The molecule has 3 heteroatoms. The zero-order valence-corrected chi connectivity index (χ0v) is 10.9. The summed E-state index contributed by atoms with van der Waals surface area (Å²) >= 11 is 0. The van der Waals surface area contributed by atoms with E-state index in [9.17, 15) is 10.2 Å². The molecule has 0 saturated carbocycles. The minimum Gasteiger partial charge on any atom is -0.508 e. The van der Waals surface area contributed by atoms with Gasteiger partial charge in [-0.05, 0) is 48.6 Å². The summed E-state index contributed by atoms with van der Waals surface area (Å²) in [6.45, 7) is 1.88. The molecule has 2 aromatic rings. The number of anilines is 1. The van der Waals surface area contributed by atoms with Gasteiger partial charge in [-0.3, -0.25) is 0 Å². The Morgan fingerprint density at radius 1 is 1.11 bits per heavy atom. The van der Waals surface area contributed by atoms with E-state index in [4.69, 9.17) is 0 Å². The van der Waals surface area contributed by atoms with Gasteiger partial charge >= 0.3 is 0 Å². The summed E-state index contributed by atoms with van der Waals surface area (Å²) in [6.07, 6.45) is 1.85. The molecular formula is C16H17NO2. The Balaban J connectivity index is 1.86. The van der Waals surface area contributed by atoms with Crippen LogP contribution in [-0.2, 0) is 6.42 Å². The van der Waals surface area contributed by atoms with Crippen LogP contribution >= 0.6 is 0 Å². The second-order valence-corrected chi connectivity index (χ2v) is 5.08. The van der Waals surface area contributed by atoms with Crippen LogP contribution in [0.15, 0.2) is 36.4 Å². The second-order valence-electron chi connectivity index (χ2n) is 5.08. The third-order valence-corrected chi connectivity index (χ3v) is 3.80. The van der Waals surface area contributed by atoms with E-state index >= 15 is 0 Å². The molecule has 19 heavy (non-hydrogen) atoms. The maximum Gasteiger partial charge on any atom is 0.120 e. The van der Waals surface area contributed by atoms with E-state index in [0.717, 1.165) is 35.2 Å². The van der Waals surface area contributed by atoms with E-state index in [1.807, 2.05) is 31.2 Å². The highest BCUT2D eigenvalue weighted by molar-refractivity contribution is 5.54. The van der Waals surface area contributed by atoms with Gasteiger partial charge in [-0.25, -0.2) is 0 Å². The molecule has 1 aliphatic rings. The molecule has 2 aromatic carbocycles. The van der Waals surface area contributed by atoms with Crippen molar-refractivity contribution in [3.63, 3.8) is 0 Å². The Morgan fingerprint density at radius 3 is 2.74 bits per heavy atom. The molecule has 98 valence electrons. The highest BCUT2D eigenvalue weighted by Gasteiger charge is 2.24. The molecule has 0 amide bonds. The van der Waals surface area contributed by atoms with Crippen molar-refractivity contribution >= 4 is 5.69 Å². The molecule has 0 bridgehead atoms. The van der Waals surface area contributed by atoms with Crippen LogP contribution in [0, 0.1) is 6.92 Å². The van der Waals surface area contributed by atoms with Crippen molar-refractivity contribution in [2.45, 2.75) is 25.8 Å². The van der Waals surface area contributed by atoms with Gasteiger partial charge in [-0.15, -0.1) is 0 Å². The summed E-state index contributed by atoms with van der Waals surface area (Å²) in [4.78, 5) is 0. The van der Waals surface area contributed by atoms with Crippen molar-refractivity contribution in [2.75, 3.05) is 5.32 Å². The lowest BCUT2D eigenvalue weighted by atomic mass is 10.1. The molecule has 0 radical (unpaired) electrons. The van der Waals surface area contributed by atoms with E-state index in [2.05, 4.69) is 5.32 Å².